The van der Waals surface area contributed by atoms with Gasteiger partial charge < -0.3 is 5.73 Å². The maximum atomic E-state index is 11.4. The number of carbonyl (C=O) groups is 1. The van der Waals surface area contributed by atoms with E-state index in [0.29, 0.717) is 12.4 Å². The third kappa shape index (κ3) is 3.10. The molecule has 3 N–H and O–H groups in total. The molecule has 1 aromatic rings. The molecule has 0 bridgehead atoms. The summed E-state index contributed by atoms with van der Waals surface area (Å²) in [5, 5.41) is 2.54. The van der Waals surface area contributed by atoms with Crippen molar-refractivity contribution in [1.82, 2.24) is 9.97 Å². The van der Waals surface area contributed by atoms with E-state index >= 15 is 0 Å². The van der Waals surface area contributed by atoms with E-state index in [4.69, 9.17) is 5.73 Å². The van der Waals surface area contributed by atoms with Gasteiger partial charge in [0.1, 0.15) is 0 Å². The fraction of sp³-hybridized carbons (Fsp3) is 0.444. The third-order valence-corrected chi connectivity index (χ3v) is 1.74. The largest absolute Gasteiger partial charge is 0.320 e. The molecule has 0 aliphatic heterocycles. The standard InChI is InChI=1S/C9H14N4O/c1-2-4-7(10)8(14)13-9-11-5-3-6-12-9/h3,5-7H,2,4,10H2,1H3,(H,11,12,13,14)/t7-/m1/s1. The van der Waals surface area contributed by atoms with Gasteiger partial charge in [0.2, 0.25) is 11.9 Å². The van der Waals surface area contributed by atoms with Crippen molar-refractivity contribution in [3.63, 3.8) is 0 Å². The Bertz CT molecular complexity index is 288. The van der Waals surface area contributed by atoms with E-state index in [9.17, 15) is 4.79 Å². The lowest BCUT2D eigenvalue weighted by molar-refractivity contribution is -0.117. The van der Waals surface area contributed by atoms with Gasteiger partial charge in [-0.3, -0.25) is 10.1 Å². The molecule has 1 aromatic heterocycles. The predicted octanol–water partition coefficient (Wildman–Crippen LogP) is 0.542. The van der Waals surface area contributed by atoms with E-state index in [0.717, 1.165) is 6.42 Å². The molecule has 1 atom stereocenters. The van der Waals surface area contributed by atoms with E-state index in [1.54, 1.807) is 18.5 Å². The van der Waals surface area contributed by atoms with Gasteiger partial charge >= 0.3 is 0 Å². The van der Waals surface area contributed by atoms with Gasteiger partial charge in [-0.05, 0) is 12.5 Å². The first kappa shape index (κ1) is 10.6. The number of nitrogens with two attached hydrogens (primary N) is 1. The molecule has 0 spiro atoms. The van der Waals surface area contributed by atoms with Gasteiger partial charge in [0.15, 0.2) is 0 Å². The summed E-state index contributed by atoms with van der Waals surface area (Å²) in [5.41, 5.74) is 5.61. The van der Waals surface area contributed by atoms with Gasteiger partial charge in [-0.2, -0.15) is 0 Å². The number of nitrogens with zero attached hydrogens (tertiary/aromatic N) is 2. The van der Waals surface area contributed by atoms with Crippen LogP contribution in [0.5, 0.6) is 0 Å². The van der Waals surface area contributed by atoms with Crippen molar-refractivity contribution in [3.8, 4) is 0 Å². The highest BCUT2D eigenvalue weighted by atomic mass is 16.2. The van der Waals surface area contributed by atoms with Gasteiger partial charge in [0.25, 0.3) is 0 Å². The second-order valence-electron chi connectivity index (χ2n) is 2.96. The first-order valence-electron chi connectivity index (χ1n) is 4.57. The molecule has 0 aromatic carbocycles. The van der Waals surface area contributed by atoms with Crippen LogP contribution in [-0.4, -0.2) is 21.9 Å². The van der Waals surface area contributed by atoms with Crippen LogP contribution in [0.25, 0.3) is 0 Å². The SMILES string of the molecule is CCC[C@@H](N)C(=O)Nc1ncccn1. The molecule has 1 rings (SSSR count). The number of nitrogens with one attached hydrogen (secondary N) is 1. The molecule has 5 nitrogen and oxygen atoms in total. The van der Waals surface area contributed by atoms with Crippen LogP contribution in [0.2, 0.25) is 0 Å². The Morgan fingerprint density at radius 3 is 2.79 bits per heavy atom. The van der Waals surface area contributed by atoms with Crippen molar-refractivity contribution >= 4 is 11.9 Å². The van der Waals surface area contributed by atoms with Gasteiger partial charge in [0, 0.05) is 12.4 Å². The van der Waals surface area contributed by atoms with E-state index in [1.807, 2.05) is 6.92 Å². The van der Waals surface area contributed by atoms with Crippen LogP contribution in [0.1, 0.15) is 19.8 Å². The van der Waals surface area contributed by atoms with Gasteiger partial charge in [-0.15, -0.1) is 0 Å². The smallest absolute Gasteiger partial charge is 0.243 e. The predicted molar refractivity (Wildman–Crippen MR) is 53.5 cm³/mol. The zero-order chi connectivity index (χ0) is 10.4. The van der Waals surface area contributed by atoms with Crippen molar-refractivity contribution in [2.45, 2.75) is 25.8 Å². The highest BCUT2D eigenvalue weighted by molar-refractivity contribution is 5.93. The number of hydrogen-bond acceptors (Lipinski definition) is 4. The maximum absolute atomic E-state index is 11.4. The van der Waals surface area contributed by atoms with E-state index in [1.165, 1.54) is 0 Å². The molecular formula is C9H14N4O. The molecular weight excluding hydrogens is 180 g/mol. The molecule has 1 heterocycles. The lowest BCUT2D eigenvalue weighted by atomic mass is 10.2. The topological polar surface area (TPSA) is 80.9 Å². The molecule has 0 unspecified atom stereocenters. The Balaban J connectivity index is 2.49. The number of carbonyl (C=O) groups excluding carboxylic acids is 1. The summed E-state index contributed by atoms with van der Waals surface area (Å²) in [4.78, 5) is 19.1. The minimum atomic E-state index is -0.483. The average Bonchev–Trinajstić information content (AvgIpc) is 2.19. The minimum Gasteiger partial charge on any atom is -0.320 e. The van der Waals surface area contributed by atoms with Gasteiger partial charge in [-0.25, -0.2) is 9.97 Å². The van der Waals surface area contributed by atoms with Gasteiger partial charge in [-0.1, -0.05) is 13.3 Å². The molecule has 14 heavy (non-hydrogen) atoms. The zero-order valence-corrected chi connectivity index (χ0v) is 8.10. The van der Waals surface area contributed by atoms with Gasteiger partial charge in [0.05, 0.1) is 6.04 Å². The van der Waals surface area contributed by atoms with Crippen molar-refractivity contribution < 1.29 is 4.79 Å². The number of anilines is 1. The summed E-state index contributed by atoms with van der Waals surface area (Å²) in [6.07, 6.45) is 4.67. The van der Waals surface area contributed by atoms with Crippen LogP contribution >= 0.6 is 0 Å². The van der Waals surface area contributed by atoms with Crippen molar-refractivity contribution in [2.24, 2.45) is 5.73 Å². The Labute approximate surface area is 82.7 Å². The van der Waals surface area contributed by atoms with Crippen LogP contribution < -0.4 is 11.1 Å². The third-order valence-electron chi connectivity index (χ3n) is 1.74. The summed E-state index contributed by atoms with van der Waals surface area (Å²) in [6, 6.07) is 1.20. The summed E-state index contributed by atoms with van der Waals surface area (Å²) in [7, 11) is 0. The molecule has 0 saturated heterocycles. The van der Waals surface area contributed by atoms with Crippen LogP contribution in [0.4, 0.5) is 5.95 Å². The second kappa shape index (κ2) is 5.29. The Morgan fingerprint density at radius 1 is 1.57 bits per heavy atom. The molecule has 0 fully saturated rings. The van der Waals surface area contributed by atoms with Crippen LogP contribution in [-0.2, 0) is 4.79 Å². The Morgan fingerprint density at radius 2 is 2.21 bits per heavy atom. The average molecular weight is 194 g/mol. The van der Waals surface area contributed by atoms with Crippen LogP contribution in [0.15, 0.2) is 18.5 Å². The number of hydrogen-bond donors (Lipinski definition) is 2. The first-order valence-corrected chi connectivity index (χ1v) is 4.57. The van der Waals surface area contributed by atoms with E-state index in [-0.39, 0.29) is 5.91 Å². The molecule has 76 valence electrons. The van der Waals surface area contributed by atoms with Crippen LogP contribution in [0, 0.1) is 0 Å². The fourth-order valence-corrected chi connectivity index (χ4v) is 1.01. The van der Waals surface area contributed by atoms with E-state index in [2.05, 4.69) is 15.3 Å². The van der Waals surface area contributed by atoms with Crippen molar-refractivity contribution in [1.29, 1.82) is 0 Å². The summed E-state index contributed by atoms with van der Waals surface area (Å²) in [6.45, 7) is 1.98. The number of rotatable bonds is 4. The Hall–Kier alpha value is -1.49. The lowest BCUT2D eigenvalue weighted by Gasteiger charge is -2.09. The molecule has 5 heteroatoms. The fourth-order valence-electron chi connectivity index (χ4n) is 1.01. The lowest BCUT2D eigenvalue weighted by Crippen LogP contribution is -2.35. The summed E-state index contributed by atoms with van der Waals surface area (Å²) < 4.78 is 0. The minimum absolute atomic E-state index is 0.238. The molecule has 0 aliphatic carbocycles. The molecule has 0 saturated carbocycles. The van der Waals surface area contributed by atoms with Crippen molar-refractivity contribution in [3.05, 3.63) is 18.5 Å². The zero-order valence-electron chi connectivity index (χ0n) is 8.10. The normalized spacial score (nSPS) is 12.1. The van der Waals surface area contributed by atoms with Crippen LogP contribution in [0.3, 0.4) is 0 Å². The number of amides is 1. The number of aromatic nitrogens is 2. The summed E-state index contributed by atoms with van der Waals surface area (Å²) in [5.74, 6) is 0.0575. The Kier molecular flexibility index (Phi) is 4.00. The molecule has 0 aliphatic rings. The maximum Gasteiger partial charge on any atom is 0.243 e. The highest BCUT2D eigenvalue weighted by Crippen LogP contribution is 1.98. The van der Waals surface area contributed by atoms with Crippen molar-refractivity contribution in [2.75, 3.05) is 5.32 Å². The second-order valence-corrected chi connectivity index (χ2v) is 2.96. The summed E-state index contributed by atoms with van der Waals surface area (Å²) >= 11 is 0. The van der Waals surface area contributed by atoms with E-state index < -0.39 is 6.04 Å². The first-order chi connectivity index (χ1) is 6.74. The quantitative estimate of drug-likeness (QED) is 0.733. The molecule has 0 radical (unpaired) electrons. The monoisotopic (exact) mass is 194 g/mol. The molecule has 1 amide bonds. The highest BCUT2D eigenvalue weighted by Gasteiger charge is 2.12.